The number of carbonyl (C=O) groups is 2. The molecule has 124 valence electrons. The van der Waals surface area contributed by atoms with Crippen molar-refractivity contribution in [3.8, 4) is 0 Å². The molecule has 0 unspecified atom stereocenters. The molecule has 0 aliphatic rings. The van der Waals surface area contributed by atoms with Crippen LogP contribution in [0.2, 0.25) is 0 Å². The lowest BCUT2D eigenvalue weighted by molar-refractivity contribution is -0.144. The molecule has 0 saturated heterocycles. The molecule has 0 aromatic carbocycles. The zero-order valence-electron chi connectivity index (χ0n) is 11.6. The quantitative estimate of drug-likeness (QED) is 0.485. The summed E-state index contributed by atoms with van der Waals surface area (Å²) in [5.41, 5.74) is 0. The van der Waals surface area contributed by atoms with Gasteiger partial charge < -0.3 is 20.1 Å². The van der Waals surface area contributed by atoms with Gasteiger partial charge in [-0.3, -0.25) is 9.59 Å². The third-order valence-electron chi connectivity index (χ3n) is 1.36. The SMILES string of the molecule is C.CCCC(=O)Cl.CCCC(=O)OCCO.OCCO. The number of esters is 1. The lowest BCUT2D eigenvalue weighted by atomic mass is 10.3. The van der Waals surface area contributed by atoms with E-state index in [0.29, 0.717) is 12.8 Å². The van der Waals surface area contributed by atoms with Crippen molar-refractivity contribution >= 4 is 22.8 Å². The van der Waals surface area contributed by atoms with Crippen LogP contribution in [0.15, 0.2) is 0 Å². The number of hydrogen-bond acceptors (Lipinski definition) is 6. The van der Waals surface area contributed by atoms with Crippen LogP contribution in [0.3, 0.4) is 0 Å². The van der Waals surface area contributed by atoms with Gasteiger partial charge in [-0.1, -0.05) is 21.3 Å². The first-order valence-corrected chi connectivity index (χ1v) is 6.54. The molecule has 0 atom stereocenters. The van der Waals surface area contributed by atoms with Gasteiger partial charge in [0.15, 0.2) is 0 Å². The fraction of sp³-hybridized carbons (Fsp3) is 0.846. The van der Waals surface area contributed by atoms with Crippen LogP contribution in [0, 0.1) is 0 Å². The molecule has 0 aliphatic heterocycles. The summed E-state index contributed by atoms with van der Waals surface area (Å²) in [6, 6.07) is 0. The minimum Gasteiger partial charge on any atom is -0.463 e. The summed E-state index contributed by atoms with van der Waals surface area (Å²) in [5.74, 6) is -0.230. The maximum Gasteiger partial charge on any atom is 0.305 e. The summed E-state index contributed by atoms with van der Waals surface area (Å²) in [6.07, 6.45) is 2.59. The van der Waals surface area contributed by atoms with E-state index < -0.39 is 0 Å². The number of halogens is 1. The third-order valence-corrected chi connectivity index (χ3v) is 1.54. The molecular weight excluding hydrogens is 288 g/mol. The molecule has 0 aliphatic carbocycles. The van der Waals surface area contributed by atoms with E-state index in [0.717, 1.165) is 12.8 Å². The largest absolute Gasteiger partial charge is 0.463 e. The molecule has 0 heterocycles. The second-order valence-electron chi connectivity index (χ2n) is 3.25. The summed E-state index contributed by atoms with van der Waals surface area (Å²) in [4.78, 5) is 20.3. The number of carbonyl (C=O) groups excluding carboxylic acids is 2. The van der Waals surface area contributed by atoms with Gasteiger partial charge >= 0.3 is 5.97 Å². The topological polar surface area (TPSA) is 104 Å². The zero-order valence-corrected chi connectivity index (χ0v) is 12.4. The van der Waals surface area contributed by atoms with Crippen molar-refractivity contribution in [3.05, 3.63) is 0 Å². The van der Waals surface area contributed by atoms with Gasteiger partial charge in [0.1, 0.15) is 6.61 Å². The molecule has 0 saturated carbocycles. The maximum absolute atomic E-state index is 10.5. The molecule has 0 aromatic heterocycles. The van der Waals surface area contributed by atoms with E-state index in [1.165, 1.54) is 0 Å². The second-order valence-corrected chi connectivity index (χ2v) is 3.67. The molecule has 7 heteroatoms. The summed E-state index contributed by atoms with van der Waals surface area (Å²) in [6.45, 7) is 3.61. The van der Waals surface area contributed by atoms with Crippen LogP contribution in [0.4, 0.5) is 0 Å². The molecule has 0 bridgehead atoms. The first kappa shape index (κ1) is 27.6. The molecule has 0 spiro atoms. The number of aliphatic hydroxyl groups is 3. The van der Waals surface area contributed by atoms with E-state index in [1.54, 1.807) is 0 Å². The van der Waals surface area contributed by atoms with Crippen LogP contribution in [0.1, 0.15) is 47.0 Å². The number of ether oxygens (including phenoxy) is 1. The van der Waals surface area contributed by atoms with Gasteiger partial charge in [0.25, 0.3) is 0 Å². The van der Waals surface area contributed by atoms with Crippen molar-refractivity contribution < 1.29 is 29.6 Å². The monoisotopic (exact) mass is 316 g/mol. The van der Waals surface area contributed by atoms with E-state index >= 15 is 0 Å². The highest BCUT2D eigenvalue weighted by Gasteiger charge is 1.97. The molecule has 0 aromatic rings. The summed E-state index contributed by atoms with van der Waals surface area (Å²) in [7, 11) is 0. The van der Waals surface area contributed by atoms with E-state index in [4.69, 9.17) is 26.9 Å². The van der Waals surface area contributed by atoms with Gasteiger partial charge in [0, 0.05) is 12.8 Å². The molecular formula is C13H29ClO6. The second kappa shape index (κ2) is 26.8. The van der Waals surface area contributed by atoms with Crippen LogP contribution in [0.25, 0.3) is 0 Å². The predicted molar refractivity (Wildman–Crippen MR) is 79.6 cm³/mol. The normalized spacial score (nSPS) is 8.10. The Morgan fingerprint density at radius 1 is 0.950 bits per heavy atom. The molecule has 0 fully saturated rings. The van der Waals surface area contributed by atoms with Gasteiger partial charge in [0.2, 0.25) is 5.24 Å². The number of rotatable bonds is 7. The van der Waals surface area contributed by atoms with Crippen molar-refractivity contribution in [2.45, 2.75) is 47.0 Å². The Morgan fingerprint density at radius 2 is 1.40 bits per heavy atom. The Morgan fingerprint density at radius 3 is 1.60 bits per heavy atom. The smallest absolute Gasteiger partial charge is 0.305 e. The van der Waals surface area contributed by atoms with Gasteiger partial charge in [-0.25, -0.2) is 0 Å². The minimum atomic E-state index is -0.238. The summed E-state index contributed by atoms with van der Waals surface area (Å²) >= 11 is 4.94. The van der Waals surface area contributed by atoms with Crippen molar-refractivity contribution in [3.63, 3.8) is 0 Å². The van der Waals surface area contributed by atoms with Crippen molar-refractivity contribution in [2.75, 3.05) is 26.4 Å². The van der Waals surface area contributed by atoms with Crippen LogP contribution in [-0.2, 0) is 14.3 Å². The van der Waals surface area contributed by atoms with E-state index in [2.05, 4.69) is 4.74 Å². The number of aliphatic hydroxyl groups excluding tert-OH is 3. The Hall–Kier alpha value is -0.690. The minimum absolute atomic E-state index is 0. The maximum atomic E-state index is 10.5. The lowest BCUT2D eigenvalue weighted by Gasteiger charge is -1.98. The highest BCUT2D eigenvalue weighted by Crippen LogP contribution is 1.90. The first-order valence-electron chi connectivity index (χ1n) is 6.16. The molecule has 0 radical (unpaired) electrons. The van der Waals surface area contributed by atoms with Crippen LogP contribution in [-0.4, -0.2) is 53.0 Å². The van der Waals surface area contributed by atoms with E-state index in [-0.39, 0.29) is 45.1 Å². The van der Waals surface area contributed by atoms with Gasteiger partial charge in [0.05, 0.1) is 19.8 Å². The Bertz CT molecular complexity index is 197. The van der Waals surface area contributed by atoms with Crippen molar-refractivity contribution in [1.82, 2.24) is 0 Å². The van der Waals surface area contributed by atoms with Gasteiger partial charge in [-0.15, -0.1) is 0 Å². The Kier molecular flexibility index (Phi) is 37.0. The van der Waals surface area contributed by atoms with Gasteiger partial charge in [-0.05, 0) is 24.4 Å². The Balaban J connectivity index is -0.000000102. The molecule has 0 amide bonds. The lowest BCUT2D eigenvalue weighted by Crippen LogP contribution is -2.07. The standard InChI is InChI=1S/C6H12O3.C4H7ClO.C2H6O2.CH4/c1-2-3-6(8)9-5-4-7;1-2-3-4(5)6;3-1-2-4;/h7H,2-5H2,1H3;2-3H2,1H3;3-4H,1-2H2;1H4. The fourth-order valence-corrected chi connectivity index (χ4v) is 0.821. The average molecular weight is 317 g/mol. The highest BCUT2D eigenvalue weighted by molar-refractivity contribution is 6.63. The molecule has 6 nitrogen and oxygen atoms in total. The summed E-state index contributed by atoms with van der Waals surface area (Å²) < 4.78 is 4.54. The molecule has 0 rings (SSSR count). The average Bonchev–Trinajstić information content (AvgIpc) is 2.37. The van der Waals surface area contributed by atoms with Gasteiger partial charge in [-0.2, -0.15) is 0 Å². The van der Waals surface area contributed by atoms with Crippen molar-refractivity contribution in [2.24, 2.45) is 0 Å². The fourth-order valence-electron chi connectivity index (χ4n) is 0.632. The first-order chi connectivity index (χ1) is 8.99. The van der Waals surface area contributed by atoms with Crippen molar-refractivity contribution in [1.29, 1.82) is 0 Å². The Labute approximate surface area is 126 Å². The van der Waals surface area contributed by atoms with E-state index in [1.807, 2.05) is 13.8 Å². The molecule has 20 heavy (non-hydrogen) atoms. The third kappa shape index (κ3) is 43.3. The van der Waals surface area contributed by atoms with Crippen LogP contribution < -0.4 is 0 Å². The van der Waals surface area contributed by atoms with Crippen LogP contribution >= 0.6 is 11.6 Å². The highest BCUT2D eigenvalue weighted by atomic mass is 35.5. The predicted octanol–water partition coefficient (Wildman–Crippen LogP) is 1.48. The zero-order chi connectivity index (χ0) is 15.5. The molecule has 3 N–H and O–H groups in total. The number of hydrogen-bond donors (Lipinski definition) is 3. The van der Waals surface area contributed by atoms with E-state index in [9.17, 15) is 9.59 Å². The summed E-state index contributed by atoms with van der Waals surface area (Å²) in [5, 5.41) is 23.2. The van der Waals surface area contributed by atoms with Crippen LogP contribution in [0.5, 0.6) is 0 Å².